The fraction of sp³-hybridized carbons (Fsp3) is 0.160. The molecule has 4 heterocycles. The van der Waals surface area contributed by atoms with Gasteiger partial charge in [0.05, 0.1) is 33.1 Å². The van der Waals surface area contributed by atoms with Crippen LogP contribution >= 0.6 is 0 Å². The van der Waals surface area contributed by atoms with Gasteiger partial charge >= 0.3 is 0 Å². The van der Waals surface area contributed by atoms with E-state index in [4.69, 9.17) is 0 Å². The normalized spacial score (nSPS) is 13.2. The van der Waals surface area contributed by atoms with E-state index in [1.54, 1.807) is 0 Å². The smallest absolute Gasteiger partial charge is 0.0634 e. The Balaban J connectivity index is 1.38. The molecule has 11 aromatic rings. The lowest BCUT2D eigenvalue weighted by molar-refractivity contribution is 0.590. The SMILES string of the molecule is CC(C)(C)c1ccc(-c2cccc3c2c2c4c5ccccc5n5c6cccc(-c7ccc(C(C)(C)C)cc7)c6c(c6c7ccccc7n3c62)c45)cc1. The lowest BCUT2D eigenvalue weighted by atomic mass is 9.85. The summed E-state index contributed by atoms with van der Waals surface area (Å²) in [5.41, 5.74) is 15.7. The van der Waals surface area contributed by atoms with Crippen molar-refractivity contribution in [3.8, 4) is 22.3 Å². The zero-order valence-corrected chi connectivity index (χ0v) is 30.6. The van der Waals surface area contributed by atoms with Gasteiger partial charge in [0.2, 0.25) is 0 Å². The van der Waals surface area contributed by atoms with Crippen molar-refractivity contribution in [2.45, 2.75) is 52.4 Å². The largest absolute Gasteiger partial charge is 0.308 e. The molecule has 0 N–H and O–H groups in total. The Bertz CT molecular complexity index is 2990. The summed E-state index contributed by atoms with van der Waals surface area (Å²) in [6.07, 6.45) is 0. The Morgan fingerprint density at radius 2 is 0.692 bits per heavy atom. The molecule has 250 valence electrons. The standard InChI is InChI=1S/C50H40N2/c1-49(2,3)31-25-21-29(22-26-31)33-15-11-19-39-41(33)45-43-35-13-7-10-18-38(35)52-40-20-12-16-34(30-23-27-32(28-24-30)50(4,5)6)42(40)46(48(43)52)44-36-14-8-9-17-37(36)51(39)47(44)45/h7-28H,1-6H3. The van der Waals surface area contributed by atoms with Gasteiger partial charge in [-0.05, 0) is 68.5 Å². The van der Waals surface area contributed by atoms with Crippen molar-refractivity contribution in [3.63, 3.8) is 0 Å². The maximum Gasteiger partial charge on any atom is 0.0634 e. The molecule has 0 unspecified atom stereocenters. The molecular weight excluding hydrogens is 629 g/mol. The summed E-state index contributed by atoms with van der Waals surface area (Å²) in [6, 6.07) is 50.6. The molecule has 0 amide bonds. The quantitative estimate of drug-likeness (QED) is 0.173. The first-order valence-corrected chi connectivity index (χ1v) is 18.6. The van der Waals surface area contributed by atoms with Gasteiger partial charge < -0.3 is 8.80 Å². The third-order valence-electron chi connectivity index (χ3n) is 11.9. The molecular formula is C50H40N2. The predicted molar refractivity (Wildman–Crippen MR) is 224 cm³/mol. The van der Waals surface area contributed by atoms with Crippen molar-refractivity contribution in [3.05, 3.63) is 145 Å². The second-order valence-electron chi connectivity index (χ2n) is 17.0. The molecule has 2 heteroatoms. The Morgan fingerprint density at radius 3 is 1.08 bits per heavy atom. The van der Waals surface area contributed by atoms with Gasteiger partial charge in [0.25, 0.3) is 0 Å². The zero-order valence-electron chi connectivity index (χ0n) is 30.6. The number of hydrogen-bond acceptors (Lipinski definition) is 0. The molecule has 0 bridgehead atoms. The van der Waals surface area contributed by atoms with Crippen LogP contribution in [0.2, 0.25) is 0 Å². The van der Waals surface area contributed by atoms with Crippen molar-refractivity contribution in [1.29, 1.82) is 0 Å². The second kappa shape index (κ2) is 9.92. The van der Waals surface area contributed by atoms with Crippen molar-refractivity contribution < 1.29 is 0 Å². The average molecular weight is 669 g/mol. The van der Waals surface area contributed by atoms with Crippen molar-refractivity contribution >= 4 is 76.2 Å². The van der Waals surface area contributed by atoms with Crippen LogP contribution in [0.15, 0.2) is 133 Å². The second-order valence-corrected chi connectivity index (χ2v) is 17.0. The van der Waals surface area contributed by atoms with Gasteiger partial charge in [0.15, 0.2) is 0 Å². The van der Waals surface area contributed by atoms with Crippen molar-refractivity contribution in [2.24, 2.45) is 0 Å². The van der Waals surface area contributed by atoms with Gasteiger partial charge in [-0.2, -0.15) is 0 Å². The number of hydrogen-bond donors (Lipinski definition) is 0. The third kappa shape index (κ3) is 3.74. The van der Waals surface area contributed by atoms with E-state index in [0.717, 1.165) is 0 Å². The number of benzene rings is 7. The monoisotopic (exact) mass is 668 g/mol. The maximum atomic E-state index is 2.57. The summed E-state index contributed by atoms with van der Waals surface area (Å²) in [5, 5.41) is 10.7. The van der Waals surface area contributed by atoms with Crippen LogP contribution in [0.4, 0.5) is 0 Å². The van der Waals surface area contributed by atoms with E-state index in [0.29, 0.717) is 0 Å². The topological polar surface area (TPSA) is 8.82 Å². The maximum absolute atomic E-state index is 2.57. The summed E-state index contributed by atoms with van der Waals surface area (Å²) >= 11 is 0. The lowest BCUT2D eigenvalue weighted by Crippen LogP contribution is -2.10. The highest BCUT2D eigenvalue weighted by Crippen LogP contribution is 2.54. The highest BCUT2D eigenvalue weighted by atomic mass is 14.9. The molecule has 2 nitrogen and oxygen atoms in total. The molecule has 0 atom stereocenters. The van der Waals surface area contributed by atoms with Crippen LogP contribution in [-0.4, -0.2) is 8.80 Å². The first-order chi connectivity index (χ1) is 25.1. The first kappa shape index (κ1) is 29.8. The van der Waals surface area contributed by atoms with Gasteiger partial charge in [0.1, 0.15) is 0 Å². The van der Waals surface area contributed by atoms with Crippen molar-refractivity contribution in [2.75, 3.05) is 0 Å². The van der Waals surface area contributed by atoms with Crippen molar-refractivity contribution in [1.82, 2.24) is 8.80 Å². The molecule has 0 aliphatic rings. The van der Waals surface area contributed by atoms with Gasteiger partial charge in [-0.25, -0.2) is 0 Å². The van der Waals surface area contributed by atoms with Gasteiger partial charge in [-0.15, -0.1) is 0 Å². The molecule has 4 aromatic heterocycles. The van der Waals surface area contributed by atoms with Crippen LogP contribution < -0.4 is 0 Å². The van der Waals surface area contributed by atoms with E-state index >= 15 is 0 Å². The Kier molecular flexibility index (Phi) is 5.69. The Hall–Kier alpha value is -5.86. The van der Waals surface area contributed by atoms with Crippen LogP contribution in [-0.2, 0) is 10.8 Å². The molecule has 0 saturated carbocycles. The van der Waals surface area contributed by atoms with Gasteiger partial charge in [0, 0.05) is 43.1 Å². The van der Waals surface area contributed by atoms with Crippen LogP contribution in [0.1, 0.15) is 52.7 Å². The number of nitrogens with zero attached hydrogens (tertiary/aromatic N) is 2. The number of rotatable bonds is 2. The van der Waals surface area contributed by atoms with E-state index in [9.17, 15) is 0 Å². The van der Waals surface area contributed by atoms with Gasteiger partial charge in [-0.1, -0.05) is 151 Å². The summed E-state index contributed by atoms with van der Waals surface area (Å²) < 4.78 is 5.15. The molecule has 0 radical (unpaired) electrons. The van der Waals surface area contributed by atoms with E-state index in [2.05, 4.69) is 184 Å². The molecule has 7 aromatic carbocycles. The molecule has 0 saturated heterocycles. The highest BCUT2D eigenvalue weighted by molar-refractivity contribution is 6.46. The molecule has 0 fully saturated rings. The van der Waals surface area contributed by atoms with Crippen LogP contribution in [0, 0.1) is 0 Å². The number of fused-ring (bicyclic) bond motifs is 14. The van der Waals surface area contributed by atoms with E-state index < -0.39 is 0 Å². The van der Waals surface area contributed by atoms with Crippen LogP contribution in [0.3, 0.4) is 0 Å². The van der Waals surface area contributed by atoms with E-state index in [1.165, 1.54) is 110 Å². The summed E-state index contributed by atoms with van der Waals surface area (Å²) in [5.74, 6) is 0. The fourth-order valence-corrected chi connectivity index (χ4v) is 9.44. The van der Waals surface area contributed by atoms with Crippen LogP contribution in [0.5, 0.6) is 0 Å². The fourth-order valence-electron chi connectivity index (χ4n) is 9.44. The first-order valence-electron chi connectivity index (χ1n) is 18.6. The Labute approximate surface area is 303 Å². The summed E-state index contributed by atoms with van der Waals surface area (Å²) in [4.78, 5) is 0. The molecule has 0 aliphatic heterocycles. The zero-order chi connectivity index (χ0) is 35.3. The lowest BCUT2D eigenvalue weighted by Gasteiger charge is -2.19. The minimum atomic E-state index is 0.0993. The average Bonchev–Trinajstić information content (AvgIpc) is 3.87. The minimum Gasteiger partial charge on any atom is -0.308 e. The molecule has 0 aliphatic carbocycles. The third-order valence-corrected chi connectivity index (χ3v) is 11.9. The summed E-state index contributed by atoms with van der Waals surface area (Å²) in [6.45, 7) is 13.7. The molecule has 52 heavy (non-hydrogen) atoms. The molecule has 11 rings (SSSR count). The number of para-hydroxylation sites is 2. The van der Waals surface area contributed by atoms with E-state index in [-0.39, 0.29) is 10.8 Å². The predicted octanol–water partition coefficient (Wildman–Crippen LogP) is 13.9. The highest BCUT2D eigenvalue weighted by Gasteiger charge is 2.30. The summed E-state index contributed by atoms with van der Waals surface area (Å²) in [7, 11) is 0. The molecule has 0 spiro atoms. The minimum absolute atomic E-state index is 0.0993. The van der Waals surface area contributed by atoms with Crippen LogP contribution in [0.25, 0.3) is 98.4 Å². The van der Waals surface area contributed by atoms with Gasteiger partial charge in [-0.3, -0.25) is 0 Å². The van der Waals surface area contributed by atoms with E-state index in [1.807, 2.05) is 0 Å². The number of aromatic nitrogens is 2. The Morgan fingerprint density at radius 1 is 0.327 bits per heavy atom.